The van der Waals surface area contributed by atoms with Crippen LogP contribution in [-0.2, 0) is 9.47 Å². The maximum absolute atomic E-state index is 13.0. The van der Waals surface area contributed by atoms with Gasteiger partial charge in [-0.25, -0.2) is 4.79 Å². The Morgan fingerprint density at radius 3 is 1.63 bits per heavy atom. The van der Waals surface area contributed by atoms with Gasteiger partial charge in [0.15, 0.2) is 0 Å². The Morgan fingerprint density at radius 1 is 0.657 bits per heavy atom. The number of nitrogens with one attached hydrogen (secondary N) is 2. The second kappa shape index (κ2) is 23.3. The molecule has 11 rings (SSSR count). The predicted octanol–water partition coefficient (Wildman–Crippen LogP) is 8.07. The van der Waals surface area contributed by atoms with Crippen molar-refractivity contribution >= 4 is 70.6 Å². The second-order valence-corrected chi connectivity index (χ2v) is 19.1. The average molecular weight is 1000 g/mol. The number of piperazine rings is 2. The molecule has 16 heteroatoms. The molecule has 6 aliphatic rings. The minimum atomic E-state index is -0.134. The summed E-state index contributed by atoms with van der Waals surface area (Å²) in [5, 5.41) is 17.0. The number of morpholine rings is 2. The van der Waals surface area contributed by atoms with Crippen LogP contribution in [0.15, 0.2) is 97.3 Å². The largest absolute Gasteiger partial charge is 0.379 e. The van der Waals surface area contributed by atoms with Crippen LogP contribution in [0.4, 0.5) is 10.5 Å². The topological polar surface area (TPSA) is 125 Å². The Kier molecular flexibility index (Phi) is 16.6. The van der Waals surface area contributed by atoms with Gasteiger partial charge in [0.2, 0.25) is 0 Å². The molecule has 2 atom stereocenters. The first-order chi connectivity index (χ1) is 33.9. The molecule has 4 aliphatic heterocycles. The molecular formula is C54H59Cl3N10O3. The Balaban J connectivity index is 0.000000180. The highest BCUT2D eigenvalue weighted by molar-refractivity contribution is 6.31. The molecule has 3 aromatic carbocycles. The third-order valence-corrected chi connectivity index (χ3v) is 14.4. The number of halogens is 3. The van der Waals surface area contributed by atoms with E-state index in [1.54, 1.807) is 24.3 Å². The first-order valence-electron chi connectivity index (χ1n) is 24.1. The number of pyridine rings is 2. The van der Waals surface area contributed by atoms with Crippen molar-refractivity contribution in [3.05, 3.63) is 158 Å². The number of rotatable bonds is 7. The number of anilines is 1. The molecule has 4 saturated heterocycles. The first kappa shape index (κ1) is 49.8. The van der Waals surface area contributed by atoms with Crippen LogP contribution < -0.4 is 10.6 Å². The number of amides is 2. The van der Waals surface area contributed by atoms with Gasteiger partial charge in [-0.1, -0.05) is 47.5 Å². The lowest BCUT2D eigenvalue weighted by atomic mass is 9.93. The van der Waals surface area contributed by atoms with Gasteiger partial charge in [-0.2, -0.15) is 5.26 Å². The van der Waals surface area contributed by atoms with E-state index in [4.69, 9.17) is 47.9 Å². The lowest BCUT2D eigenvalue weighted by molar-refractivity contribution is 0.0444. The number of fused-ring (bicyclic) bond motifs is 4. The maximum atomic E-state index is 13.0. The third kappa shape index (κ3) is 11.4. The van der Waals surface area contributed by atoms with Gasteiger partial charge in [0.05, 0.1) is 61.5 Å². The Bertz CT molecular complexity index is 2720. The van der Waals surface area contributed by atoms with E-state index in [1.165, 1.54) is 33.4 Å². The summed E-state index contributed by atoms with van der Waals surface area (Å²) in [5.41, 5.74) is 13.2. The van der Waals surface area contributed by atoms with Gasteiger partial charge in [0.1, 0.15) is 0 Å². The number of hydrogen-bond donors (Lipinski definition) is 2. The SMILES string of the molecule is Cl.Clc1ccc2c(c1)C(CN1CCOCC1)=Cc1cccnc1C2N1CCNCC1.N#Cc1ccc(NC(=O)N2CCN(C3c4ccc(Cl)cc4C(CN4CCOCC4)=Cc4cccnc43)CC2)cc1. The van der Waals surface area contributed by atoms with Crippen molar-refractivity contribution in [2.75, 3.05) is 123 Å². The number of urea groups is 1. The van der Waals surface area contributed by atoms with E-state index in [1.807, 2.05) is 41.6 Å². The molecule has 13 nitrogen and oxygen atoms in total. The molecule has 2 aliphatic carbocycles. The fourth-order valence-electron chi connectivity index (χ4n) is 10.4. The van der Waals surface area contributed by atoms with Crippen molar-refractivity contribution in [3.63, 3.8) is 0 Å². The van der Waals surface area contributed by atoms with Crippen molar-refractivity contribution in [1.82, 2.24) is 39.8 Å². The molecule has 0 bridgehead atoms. The van der Waals surface area contributed by atoms with Crippen molar-refractivity contribution in [3.8, 4) is 6.07 Å². The van der Waals surface area contributed by atoms with Crippen molar-refractivity contribution in [2.24, 2.45) is 0 Å². The minimum Gasteiger partial charge on any atom is -0.379 e. The molecule has 2 amide bonds. The second-order valence-electron chi connectivity index (χ2n) is 18.3. The van der Waals surface area contributed by atoms with Gasteiger partial charge in [-0.3, -0.25) is 29.6 Å². The smallest absolute Gasteiger partial charge is 0.321 e. The van der Waals surface area contributed by atoms with Crippen LogP contribution in [-0.4, -0.2) is 159 Å². The van der Waals surface area contributed by atoms with Crippen LogP contribution in [0, 0.1) is 11.3 Å². The highest BCUT2D eigenvalue weighted by Crippen LogP contribution is 2.42. The summed E-state index contributed by atoms with van der Waals surface area (Å²) < 4.78 is 11.1. The van der Waals surface area contributed by atoms with Gasteiger partial charge in [-0.05, 0) is 117 Å². The number of nitrogens with zero attached hydrogens (tertiary/aromatic N) is 8. The van der Waals surface area contributed by atoms with Gasteiger partial charge in [0, 0.05) is 120 Å². The third-order valence-electron chi connectivity index (χ3n) is 14.0. The van der Waals surface area contributed by atoms with Gasteiger partial charge in [-0.15, -0.1) is 12.4 Å². The molecule has 0 radical (unpaired) electrons. The van der Waals surface area contributed by atoms with Crippen LogP contribution in [0.1, 0.15) is 62.4 Å². The van der Waals surface area contributed by atoms with Crippen LogP contribution in [0.5, 0.6) is 0 Å². The summed E-state index contributed by atoms with van der Waals surface area (Å²) in [7, 11) is 0. The zero-order valence-electron chi connectivity index (χ0n) is 39.2. The quantitative estimate of drug-likeness (QED) is 0.165. The van der Waals surface area contributed by atoms with Gasteiger partial charge in [0.25, 0.3) is 0 Å². The molecule has 4 fully saturated rings. The van der Waals surface area contributed by atoms with Crippen molar-refractivity contribution in [1.29, 1.82) is 5.26 Å². The van der Waals surface area contributed by atoms with Crippen LogP contribution in [0.3, 0.4) is 0 Å². The zero-order chi connectivity index (χ0) is 47.1. The molecule has 70 heavy (non-hydrogen) atoms. The maximum Gasteiger partial charge on any atom is 0.321 e. The van der Waals surface area contributed by atoms with E-state index >= 15 is 0 Å². The molecular weight excluding hydrogens is 943 g/mol. The fourth-order valence-corrected chi connectivity index (χ4v) is 10.8. The van der Waals surface area contributed by atoms with Crippen LogP contribution in [0.2, 0.25) is 10.0 Å². The summed E-state index contributed by atoms with van der Waals surface area (Å²) in [5.74, 6) is 0. The summed E-state index contributed by atoms with van der Waals surface area (Å²) in [6, 6.07) is 29.9. The molecule has 2 aromatic heterocycles. The summed E-state index contributed by atoms with van der Waals surface area (Å²) in [6.45, 7) is 15.2. The number of nitriles is 1. The highest BCUT2D eigenvalue weighted by atomic mass is 35.5. The van der Waals surface area contributed by atoms with E-state index in [0.29, 0.717) is 42.5 Å². The fraction of sp³-hybridized carbons (Fsp3) is 0.370. The number of hydrogen-bond acceptors (Lipinski definition) is 11. The average Bonchev–Trinajstić information content (AvgIpc) is 3.61. The number of ether oxygens (including phenoxy) is 2. The zero-order valence-corrected chi connectivity index (χ0v) is 41.6. The number of benzene rings is 3. The minimum absolute atomic E-state index is 0. The van der Waals surface area contributed by atoms with E-state index in [2.05, 4.69) is 84.9 Å². The van der Waals surface area contributed by atoms with Crippen LogP contribution in [0.25, 0.3) is 23.3 Å². The van der Waals surface area contributed by atoms with E-state index in [9.17, 15) is 4.79 Å². The molecule has 0 saturated carbocycles. The molecule has 2 unspecified atom stereocenters. The Morgan fingerprint density at radius 2 is 1.14 bits per heavy atom. The monoisotopic (exact) mass is 1000 g/mol. The molecule has 0 spiro atoms. The Labute approximate surface area is 427 Å². The first-order valence-corrected chi connectivity index (χ1v) is 24.9. The van der Waals surface area contributed by atoms with E-state index in [-0.39, 0.29) is 30.5 Å². The van der Waals surface area contributed by atoms with E-state index < -0.39 is 0 Å². The molecule has 6 heterocycles. The standard InChI is InChI=1S/C31H31ClN6O2.C23H27ClN4O.ClH/c32-25-5-8-27-28(19-25)24(21-36-14-16-40-17-15-36)18-23-2-1-9-34-29(23)30(27)37-10-12-38(13-11-37)31(39)35-26-6-3-22(20-33)4-7-26;24-19-3-4-20-21(15-19)18(16-27-10-12-29-13-11-27)14-17-2-1-5-26-22(17)23(20)28-8-6-25-7-9-28;/h1-9,18-19,30H,10-17,21H2,(H,35,39);1-5,14-15,23,25H,6-13,16H2;1H. The summed E-state index contributed by atoms with van der Waals surface area (Å²) >= 11 is 13.0. The molecule has 2 N–H and O–H groups in total. The highest BCUT2D eigenvalue weighted by Gasteiger charge is 2.35. The van der Waals surface area contributed by atoms with Crippen LogP contribution >= 0.6 is 35.6 Å². The van der Waals surface area contributed by atoms with Crippen molar-refractivity contribution in [2.45, 2.75) is 12.1 Å². The van der Waals surface area contributed by atoms with Gasteiger partial charge < -0.3 is 25.0 Å². The summed E-state index contributed by atoms with van der Waals surface area (Å²) in [6.07, 6.45) is 8.39. The Hall–Kier alpha value is -5.21. The lowest BCUT2D eigenvalue weighted by Crippen LogP contribution is -2.51. The molecule has 364 valence electrons. The number of aromatic nitrogens is 2. The van der Waals surface area contributed by atoms with Gasteiger partial charge >= 0.3 is 6.03 Å². The summed E-state index contributed by atoms with van der Waals surface area (Å²) in [4.78, 5) is 34.5. The van der Waals surface area contributed by atoms with E-state index in [0.717, 1.165) is 119 Å². The predicted molar refractivity (Wildman–Crippen MR) is 280 cm³/mol. The van der Waals surface area contributed by atoms with Crippen molar-refractivity contribution < 1.29 is 14.3 Å². The normalized spacial score (nSPS) is 20.7. The molecule has 5 aromatic rings. The number of carbonyl (C=O) groups excluding carboxylic acids is 1. The number of carbonyl (C=O) groups is 1. The lowest BCUT2D eigenvalue weighted by Gasteiger charge is -2.39.